The molecule has 0 unspecified atom stereocenters. The summed E-state index contributed by atoms with van der Waals surface area (Å²) in [5.41, 5.74) is -0.397. The molecule has 1 aromatic carbocycles. The van der Waals surface area contributed by atoms with Crippen molar-refractivity contribution in [2.75, 3.05) is 6.26 Å². The minimum Gasteiger partial charge on any atom is -0.478 e. The lowest BCUT2D eigenvalue weighted by Gasteiger charge is -2.06. The van der Waals surface area contributed by atoms with Gasteiger partial charge in [0.1, 0.15) is 0 Å². The second kappa shape index (κ2) is 4.80. The maximum absolute atomic E-state index is 10.9. The molecule has 1 rings (SSSR count). The maximum Gasteiger partial charge on any atom is 0.336 e. The van der Waals surface area contributed by atoms with Crippen LogP contribution < -0.4 is 0 Å². The van der Waals surface area contributed by atoms with Crippen LogP contribution in [0.4, 0.5) is 0 Å². The lowest BCUT2D eigenvalue weighted by Crippen LogP contribution is -2.07. The van der Waals surface area contributed by atoms with E-state index in [9.17, 15) is 14.4 Å². The molecule has 84 valence electrons. The van der Waals surface area contributed by atoms with Crippen LogP contribution in [0.2, 0.25) is 0 Å². The Balaban J connectivity index is 3.52. The van der Waals surface area contributed by atoms with Gasteiger partial charge >= 0.3 is 11.9 Å². The second-order valence-electron chi connectivity index (χ2n) is 2.87. The summed E-state index contributed by atoms with van der Waals surface area (Å²) in [6.45, 7) is 0. The lowest BCUT2D eigenvalue weighted by atomic mass is 10.0. The van der Waals surface area contributed by atoms with Gasteiger partial charge in [-0.15, -0.1) is 11.8 Å². The number of carbonyl (C=O) groups excluding carboxylic acids is 1. The molecule has 0 saturated carbocycles. The van der Waals surface area contributed by atoms with Crippen molar-refractivity contribution in [1.82, 2.24) is 0 Å². The third kappa shape index (κ3) is 2.22. The Bertz CT molecular complexity index is 467. The largest absolute Gasteiger partial charge is 0.478 e. The van der Waals surface area contributed by atoms with Crippen molar-refractivity contribution in [3.05, 3.63) is 28.8 Å². The molecular formula is C10H8O5S. The quantitative estimate of drug-likeness (QED) is 0.613. The summed E-state index contributed by atoms with van der Waals surface area (Å²) in [6, 6.07) is 2.27. The van der Waals surface area contributed by atoms with Crippen molar-refractivity contribution < 1.29 is 24.6 Å². The molecule has 6 heteroatoms. The predicted octanol–water partition coefficient (Wildman–Crippen LogP) is 1.62. The van der Waals surface area contributed by atoms with E-state index < -0.39 is 11.9 Å². The van der Waals surface area contributed by atoms with Gasteiger partial charge in [0, 0.05) is 10.5 Å². The van der Waals surface area contributed by atoms with E-state index in [4.69, 9.17) is 10.2 Å². The van der Waals surface area contributed by atoms with Crippen molar-refractivity contribution >= 4 is 30.0 Å². The Morgan fingerprint density at radius 1 is 1.19 bits per heavy atom. The molecule has 0 amide bonds. The summed E-state index contributed by atoms with van der Waals surface area (Å²) in [7, 11) is 0. The first-order valence-corrected chi connectivity index (χ1v) is 5.37. The molecule has 0 aliphatic heterocycles. The Kier molecular flexibility index (Phi) is 3.68. The Labute approximate surface area is 95.1 Å². The Morgan fingerprint density at radius 2 is 1.75 bits per heavy atom. The van der Waals surface area contributed by atoms with E-state index in [1.165, 1.54) is 6.07 Å². The molecule has 0 saturated heterocycles. The van der Waals surface area contributed by atoms with Gasteiger partial charge in [0.05, 0.1) is 11.1 Å². The maximum atomic E-state index is 10.9. The van der Waals surface area contributed by atoms with Gasteiger partial charge in [0.25, 0.3) is 0 Å². The average Bonchev–Trinajstić information content (AvgIpc) is 2.26. The van der Waals surface area contributed by atoms with E-state index >= 15 is 0 Å². The number of carboxylic acid groups (broad SMARTS) is 2. The molecule has 16 heavy (non-hydrogen) atoms. The van der Waals surface area contributed by atoms with E-state index in [1.807, 2.05) is 0 Å². The number of carbonyl (C=O) groups is 3. The van der Waals surface area contributed by atoms with E-state index in [1.54, 1.807) is 6.26 Å². The molecule has 5 nitrogen and oxygen atoms in total. The number of benzene rings is 1. The summed E-state index contributed by atoms with van der Waals surface area (Å²) >= 11 is 1.11. The summed E-state index contributed by atoms with van der Waals surface area (Å²) < 4.78 is 0. The van der Waals surface area contributed by atoms with Crippen LogP contribution >= 0.6 is 11.8 Å². The molecule has 0 aliphatic carbocycles. The van der Waals surface area contributed by atoms with Crippen LogP contribution in [0.25, 0.3) is 0 Å². The van der Waals surface area contributed by atoms with Crippen LogP contribution in [0.5, 0.6) is 0 Å². The van der Waals surface area contributed by atoms with Gasteiger partial charge in [-0.1, -0.05) is 0 Å². The van der Waals surface area contributed by atoms with Crippen LogP contribution in [-0.2, 0) is 0 Å². The van der Waals surface area contributed by atoms with Gasteiger partial charge in [0.2, 0.25) is 0 Å². The fourth-order valence-corrected chi connectivity index (χ4v) is 1.82. The highest BCUT2D eigenvalue weighted by molar-refractivity contribution is 7.98. The van der Waals surface area contributed by atoms with Crippen molar-refractivity contribution in [3.63, 3.8) is 0 Å². The average molecular weight is 240 g/mol. The number of thioether (sulfide) groups is 1. The zero-order chi connectivity index (χ0) is 12.3. The number of aldehydes is 1. The van der Waals surface area contributed by atoms with Crippen LogP contribution in [-0.4, -0.2) is 34.7 Å². The highest BCUT2D eigenvalue weighted by atomic mass is 32.2. The van der Waals surface area contributed by atoms with E-state index in [0.29, 0.717) is 11.2 Å². The monoisotopic (exact) mass is 240 g/mol. The van der Waals surface area contributed by atoms with Gasteiger partial charge < -0.3 is 10.2 Å². The Morgan fingerprint density at radius 3 is 2.12 bits per heavy atom. The summed E-state index contributed by atoms with van der Waals surface area (Å²) in [6.07, 6.45) is 1.97. The normalized spacial score (nSPS) is 9.81. The van der Waals surface area contributed by atoms with Crippen molar-refractivity contribution in [1.29, 1.82) is 0 Å². The van der Waals surface area contributed by atoms with Gasteiger partial charge in [-0.3, -0.25) is 4.79 Å². The summed E-state index contributed by atoms with van der Waals surface area (Å²) in [5, 5.41) is 17.7. The zero-order valence-electron chi connectivity index (χ0n) is 8.26. The summed E-state index contributed by atoms with van der Waals surface area (Å²) in [5.74, 6) is -2.45. The Hall–Kier alpha value is -1.82. The summed E-state index contributed by atoms with van der Waals surface area (Å²) in [4.78, 5) is 32.6. The van der Waals surface area contributed by atoms with E-state index in [2.05, 4.69) is 0 Å². The zero-order valence-corrected chi connectivity index (χ0v) is 9.08. The van der Waals surface area contributed by atoms with Crippen molar-refractivity contribution in [2.24, 2.45) is 0 Å². The van der Waals surface area contributed by atoms with E-state index in [-0.39, 0.29) is 16.7 Å². The molecule has 2 N–H and O–H groups in total. The molecular weight excluding hydrogens is 232 g/mol. The number of aromatic carboxylic acids is 2. The number of carboxylic acids is 2. The third-order valence-electron chi connectivity index (χ3n) is 1.96. The standard InChI is InChI=1S/C10H8O5S/c1-16-8-3-6(9(12)13)5(4-11)2-7(8)10(14)15/h2-4H,1H3,(H,12,13)(H,14,15). The molecule has 0 atom stereocenters. The number of hydrogen-bond acceptors (Lipinski definition) is 4. The molecule has 0 spiro atoms. The number of rotatable bonds is 4. The molecule has 0 aromatic heterocycles. The minimum absolute atomic E-state index is 0.0698. The van der Waals surface area contributed by atoms with Crippen molar-refractivity contribution in [3.8, 4) is 0 Å². The SMILES string of the molecule is CSc1cc(C(=O)O)c(C=O)cc1C(=O)O. The molecule has 0 fully saturated rings. The molecule has 0 heterocycles. The highest BCUT2D eigenvalue weighted by Gasteiger charge is 2.17. The topological polar surface area (TPSA) is 91.7 Å². The predicted molar refractivity (Wildman–Crippen MR) is 57.5 cm³/mol. The van der Waals surface area contributed by atoms with Gasteiger partial charge in [-0.05, 0) is 18.4 Å². The van der Waals surface area contributed by atoms with E-state index in [0.717, 1.165) is 17.8 Å². The first-order chi connectivity index (χ1) is 7.51. The van der Waals surface area contributed by atoms with Crippen LogP contribution in [0.1, 0.15) is 31.1 Å². The third-order valence-corrected chi connectivity index (χ3v) is 2.74. The first-order valence-electron chi connectivity index (χ1n) is 4.15. The lowest BCUT2D eigenvalue weighted by molar-refractivity contribution is 0.0676. The molecule has 1 aromatic rings. The van der Waals surface area contributed by atoms with Gasteiger partial charge in [0.15, 0.2) is 6.29 Å². The highest BCUT2D eigenvalue weighted by Crippen LogP contribution is 2.24. The number of hydrogen-bond donors (Lipinski definition) is 2. The van der Waals surface area contributed by atoms with Gasteiger partial charge in [-0.25, -0.2) is 9.59 Å². The molecule has 0 bridgehead atoms. The van der Waals surface area contributed by atoms with Crippen LogP contribution in [0.3, 0.4) is 0 Å². The fraction of sp³-hybridized carbons (Fsp3) is 0.100. The fourth-order valence-electron chi connectivity index (χ4n) is 1.22. The van der Waals surface area contributed by atoms with Crippen LogP contribution in [0, 0.1) is 0 Å². The van der Waals surface area contributed by atoms with Gasteiger partial charge in [-0.2, -0.15) is 0 Å². The minimum atomic E-state index is -1.26. The van der Waals surface area contributed by atoms with Crippen LogP contribution in [0.15, 0.2) is 17.0 Å². The first kappa shape index (κ1) is 12.3. The smallest absolute Gasteiger partial charge is 0.336 e. The second-order valence-corrected chi connectivity index (χ2v) is 3.72. The molecule has 0 aliphatic rings. The van der Waals surface area contributed by atoms with Crippen molar-refractivity contribution in [2.45, 2.75) is 4.90 Å². The molecule has 0 radical (unpaired) electrons.